The zero-order chi connectivity index (χ0) is 21.1. The van der Waals surface area contributed by atoms with E-state index in [0.29, 0.717) is 0 Å². The highest BCUT2D eigenvalue weighted by Crippen LogP contribution is 2.28. The molecular weight excluding hydrogens is 368 g/mol. The van der Waals surface area contributed by atoms with Gasteiger partial charge in [-0.15, -0.1) is 0 Å². The molecule has 4 rings (SSSR count). The Labute approximate surface area is 179 Å². The lowest BCUT2D eigenvalue weighted by atomic mass is 10.1. The molecule has 3 aromatic carbocycles. The van der Waals surface area contributed by atoms with E-state index in [1.807, 2.05) is 0 Å². The molecule has 154 valence electrons. The van der Waals surface area contributed by atoms with Crippen molar-refractivity contribution >= 4 is 11.0 Å². The van der Waals surface area contributed by atoms with Crippen LogP contribution in [0.3, 0.4) is 0 Å². The topological polar surface area (TPSA) is 27.1 Å². The fraction of sp³-hybridized carbons (Fsp3) is 0.296. The van der Waals surface area contributed by atoms with Gasteiger partial charge in [-0.1, -0.05) is 42.0 Å². The summed E-state index contributed by atoms with van der Waals surface area (Å²) in [6.45, 7) is 10.2. The number of para-hydroxylation sites is 2. The molecule has 0 aliphatic rings. The molecule has 4 aromatic rings. The van der Waals surface area contributed by atoms with Crippen molar-refractivity contribution in [1.29, 1.82) is 0 Å². The second-order valence-electron chi connectivity index (χ2n) is 8.27. The minimum absolute atomic E-state index is 0.731. The minimum Gasteiger partial charge on any atom is -0.494 e. The average Bonchev–Trinajstić information content (AvgIpc) is 3.05. The van der Waals surface area contributed by atoms with E-state index in [9.17, 15) is 0 Å². The van der Waals surface area contributed by atoms with E-state index < -0.39 is 0 Å². The van der Waals surface area contributed by atoms with Gasteiger partial charge in [0.25, 0.3) is 0 Å². The molecule has 0 bridgehead atoms. The number of ether oxygens (including phenoxy) is 1. The first-order valence-corrected chi connectivity index (χ1v) is 10.8. The molecule has 0 saturated carbocycles. The van der Waals surface area contributed by atoms with Crippen molar-refractivity contribution in [3.8, 4) is 17.1 Å². The van der Waals surface area contributed by atoms with E-state index in [2.05, 4.69) is 92.9 Å². The molecule has 0 N–H and O–H groups in total. The van der Waals surface area contributed by atoms with Crippen LogP contribution in [-0.2, 0) is 6.54 Å². The maximum atomic E-state index is 6.00. The van der Waals surface area contributed by atoms with E-state index >= 15 is 0 Å². The summed E-state index contributed by atoms with van der Waals surface area (Å²) in [5, 5.41) is 0. The quantitative estimate of drug-likeness (QED) is 0.320. The van der Waals surface area contributed by atoms with Gasteiger partial charge in [0.2, 0.25) is 0 Å². The number of imidazole rings is 1. The Balaban J connectivity index is 1.49. The summed E-state index contributed by atoms with van der Waals surface area (Å²) >= 11 is 0. The normalized spacial score (nSPS) is 11.2. The van der Waals surface area contributed by atoms with Crippen LogP contribution in [0.5, 0.6) is 5.75 Å². The van der Waals surface area contributed by atoms with Crippen LogP contribution in [-0.4, -0.2) is 16.2 Å². The standard InChI is InChI=1S/C27H30N2O/c1-19-11-12-24(22(4)16-19)27-28-25-9-5-6-10-26(25)29(27)13-7-8-14-30-23-17-20(2)15-21(3)18-23/h5-6,9-12,15-18H,7-8,13-14H2,1-4H3. The molecule has 30 heavy (non-hydrogen) atoms. The molecule has 1 heterocycles. The first-order chi connectivity index (χ1) is 14.5. The van der Waals surface area contributed by atoms with E-state index in [0.717, 1.165) is 43.1 Å². The van der Waals surface area contributed by atoms with Crippen molar-refractivity contribution in [2.24, 2.45) is 0 Å². The Kier molecular flexibility index (Phi) is 5.89. The lowest BCUT2D eigenvalue weighted by Gasteiger charge is -2.12. The third-order valence-corrected chi connectivity index (χ3v) is 5.52. The van der Waals surface area contributed by atoms with Crippen LogP contribution < -0.4 is 4.74 Å². The van der Waals surface area contributed by atoms with Gasteiger partial charge in [0.15, 0.2) is 0 Å². The molecule has 1 aromatic heterocycles. The van der Waals surface area contributed by atoms with Crippen molar-refractivity contribution in [3.63, 3.8) is 0 Å². The van der Waals surface area contributed by atoms with Crippen molar-refractivity contribution in [2.45, 2.75) is 47.1 Å². The number of hydrogen-bond donors (Lipinski definition) is 0. The predicted molar refractivity (Wildman–Crippen MR) is 125 cm³/mol. The predicted octanol–water partition coefficient (Wildman–Crippen LogP) is 6.80. The van der Waals surface area contributed by atoms with Gasteiger partial charge < -0.3 is 9.30 Å². The number of aryl methyl sites for hydroxylation is 5. The Morgan fingerprint density at radius 1 is 0.800 bits per heavy atom. The molecular formula is C27H30N2O. The van der Waals surface area contributed by atoms with Gasteiger partial charge in [0.05, 0.1) is 17.6 Å². The smallest absolute Gasteiger partial charge is 0.141 e. The van der Waals surface area contributed by atoms with Crippen LogP contribution in [0.15, 0.2) is 60.7 Å². The summed E-state index contributed by atoms with van der Waals surface area (Å²) in [7, 11) is 0. The van der Waals surface area contributed by atoms with Crippen LogP contribution in [0, 0.1) is 27.7 Å². The van der Waals surface area contributed by atoms with Gasteiger partial charge in [0.1, 0.15) is 11.6 Å². The SMILES string of the molecule is Cc1cc(C)cc(OCCCCn2c(-c3ccc(C)cc3C)nc3ccccc32)c1. The summed E-state index contributed by atoms with van der Waals surface area (Å²) in [6, 6.07) is 21.4. The summed E-state index contributed by atoms with van der Waals surface area (Å²) < 4.78 is 8.36. The fourth-order valence-electron chi connectivity index (χ4n) is 4.15. The molecule has 0 aliphatic heterocycles. The first-order valence-electron chi connectivity index (χ1n) is 10.8. The lowest BCUT2D eigenvalue weighted by Crippen LogP contribution is -2.05. The fourth-order valence-corrected chi connectivity index (χ4v) is 4.15. The van der Waals surface area contributed by atoms with Gasteiger partial charge in [0, 0.05) is 12.1 Å². The number of fused-ring (bicyclic) bond motifs is 1. The van der Waals surface area contributed by atoms with Gasteiger partial charge in [-0.05, 0) is 81.5 Å². The van der Waals surface area contributed by atoms with Crippen LogP contribution >= 0.6 is 0 Å². The van der Waals surface area contributed by atoms with E-state index in [1.54, 1.807) is 0 Å². The third-order valence-electron chi connectivity index (χ3n) is 5.52. The molecule has 0 unspecified atom stereocenters. The zero-order valence-electron chi connectivity index (χ0n) is 18.4. The van der Waals surface area contributed by atoms with Crippen molar-refractivity contribution in [3.05, 3.63) is 82.9 Å². The average molecular weight is 399 g/mol. The highest BCUT2D eigenvalue weighted by molar-refractivity contribution is 5.81. The van der Waals surface area contributed by atoms with Crippen LogP contribution in [0.25, 0.3) is 22.4 Å². The number of benzene rings is 3. The van der Waals surface area contributed by atoms with Gasteiger partial charge in [-0.3, -0.25) is 0 Å². The number of hydrogen-bond acceptors (Lipinski definition) is 2. The van der Waals surface area contributed by atoms with Gasteiger partial charge in [-0.25, -0.2) is 4.98 Å². The lowest BCUT2D eigenvalue weighted by molar-refractivity contribution is 0.303. The van der Waals surface area contributed by atoms with E-state index in [1.165, 1.54) is 33.3 Å². The molecule has 0 saturated heterocycles. The second kappa shape index (κ2) is 8.74. The monoisotopic (exact) mass is 398 g/mol. The number of nitrogens with zero attached hydrogens (tertiary/aromatic N) is 2. The Morgan fingerprint density at radius 3 is 2.33 bits per heavy atom. The first kappa shape index (κ1) is 20.2. The Hall–Kier alpha value is -3.07. The van der Waals surface area contributed by atoms with Crippen LogP contribution in [0.4, 0.5) is 0 Å². The molecule has 0 radical (unpaired) electrons. The largest absolute Gasteiger partial charge is 0.494 e. The molecule has 3 heteroatoms. The maximum Gasteiger partial charge on any atom is 0.141 e. The molecule has 0 amide bonds. The zero-order valence-corrected chi connectivity index (χ0v) is 18.4. The summed E-state index contributed by atoms with van der Waals surface area (Å²) in [4.78, 5) is 4.97. The molecule has 0 aliphatic carbocycles. The molecule has 0 spiro atoms. The summed E-state index contributed by atoms with van der Waals surface area (Å²) in [6.07, 6.45) is 2.05. The van der Waals surface area contributed by atoms with Gasteiger partial charge in [-0.2, -0.15) is 0 Å². The summed E-state index contributed by atoms with van der Waals surface area (Å²) in [5.74, 6) is 2.03. The van der Waals surface area contributed by atoms with Crippen molar-refractivity contribution in [1.82, 2.24) is 9.55 Å². The van der Waals surface area contributed by atoms with Crippen molar-refractivity contribution < 1.29 is 4.74 Å². The van der Waals surface area contributed by atoms with Crippen molar-refractivity contribution in [2.75, 3.05) is 6.61 Å². The Morgan fingerprint density at radius 2 is 1.57 bits per heavy atom. The Bertz CT molecular complexity index is 1150. The minimum atomic E-state index is 0.731. The van der Waals surface area contributed by atoms with E-state index in [4.69, 9.17) is 9.72 Å². The molecule has 0 fully saturated rings. The number of rotatable bonds is 7. The maximum absolute atomic E-state index is 6.00. The van der Waals surface area contributed by atoms with Crippen LogP contribution in [0.2, 0.25) is 0 Å². The van der Waals surface area contributed by atoms with Gasteiger partial charge >= 0.3 is 0 Å². The summed E-state index contributed by atoms with van der Waals surface area (Å²) in [5.41, 5.74) is 8.50. The highest BCUT2D eigenvalue weighted by atomic mass is 16.5. The third kappa shape index (κ3) is 4.40. The van der Waals surface area contributed by atoms with E-state index in [-0.39, 0.29) is 0 Å². The van der Waals surface area contributed by atoms with Crippen LogP contribution in [0.1, 0.15) is 35.1 Å². The molecule has 0 atom stereocenters. The highest BCUT2D eigenvalue weighted by Gasteiger charge is 2.14. The number of unbranched alkanes of at least 4 members (excludes halogenated alkanes) is 1. The number of aromatic nitrogens is 2. The second-order valence-corrected chi connectivity index (χ2v) is 8.27. The molecule has 3 nitrogen and oxygen atoms in total.